The highest BCUT2D eigenvalue weighted by Gasteiger charge is 2.28. The number of nitrogens with two attached hydrogens (primary N) is 1. The van der Waals surface area contributed by atoms with Crippen molar-refractivity contribution in [2.45, 2.75) is 154 Å². The van der Waals surface area contributed by atoms with Gasteiger partial charge in [0.2, 0.25) is 0 Å². The zero-order chi connectivity index (χ0) is 40.8. The highest BCUT2D eigenvalue weighted by Crippen LogP contribution is 2.43. The van der Waals surface area contributed by atoms with Crippen LogP contribution in [0.25, 0.3) is 0 Å². The van der Waals surface area contributed by atoms with Gasteiger partial charge in [0.15, 0.2) is 6.10 Å². The molecule has 4 atom stereocenters. The molecular weight excluding hydrogens is 725 g/mol. The van der Waals surface area contributed by atoms with Crippen LogP contribution in [0.5, 0.6) is 0 Å². The van der Waals surface area contributed by atoms with Crippen LogP contribution in [0.3, 0.4) is 0 Å². The molecule has 55 heavy (non-hydrogen) atoms. The fraction of sp³-hybridized carbons (Fsp3) is 0.643. The summed E-state index contributed by atoms with van der Waals surface area (Å²) in [6.45, 7) is 2.48. The first-order chi connectivity index (χ1) is 26.5. The van der Waals surface area contributed by atoms with E-state index in [1.807, 2.05) is 54.7 Å². The monoisotopic (exact) mass is 795 g/mol. The summed E-state index contributed by atoms with van der Waals surface area (Å²) < 4.78 is 32.5. The number of carboxylic acids is 1. The Labute approximate surface area is 330 Å². The minimum atomic E-state index is -4.74. The van der Waals surface area contributed by atoms with Crippen molar-refractivity contribution < 1.29 is 52.6 Å². The third-order valence-corrected chi connectivity index (χ3v) is 9.01. The maximum Gasteiger partial charge on any atom is 0.472 e. The Hall–Kier alpha value is -3.12. The number of phosphoric acid groups is 1. The number of allylic oxidation sites excluding steroid dienone is 10. The Bertz CT molecular complexity index is 1230. The second-order valence-corrected chi connectivity index (χ2v) is 14.7. The average Bonchev–Trinajstić information content (AvgIpc) is 3.15. The van der Waals surface area contributed by atoms with E-state index in [4.69, 9.17) is 24.8 Å². The van der Waals surface area contributed by atoms with Gasteiger partial charge in [0.05, 0.1) is 19.3 Å². The lowest BCUT2D eigenvalue weighted by Crippen LogP contribution is -2.34. The van der Waals surface area contributed by atoms with Crippen molar-refractivity contribution in [3.63, 3.8) is 0 Å². The second-order valence-electron chi connectivity index (χ2n) is 13.2. The molecule has 0 saturated heterocycles. The van der Waals surface area contributed by atoms with E-state index in [2.05, 4.69) is 30.5 Å². The molecule has 0 aromatic heterocycles. The number of ether oxygens (including phenoxy) is 2. The third-order valence-electron chi connectivity index (χ3n) is 8.06. The van der Waals surface area contributed by atoms with E-state index in [0.29, 0.717) is 25.7 Å². The number of unbranched alkanes of at least 4 members (excludes halogenated alkanes) is 10. The van der Waals surface area contributed by atoms with Gasteiger partial charge in [0, 0.05) is 12.8 Å². The van der Waals surface area contributed by atoms with E-state index in [1.165, 1.54) is 44.9 Å². The van der Waals surface area contributed by atoms with Gasteiger partial charge in [0.1, 0.15) is 12.6 Å². The van der Waals surface area contributed by atoms with Crippen molar-refractivity contribution >= 4 is 25.7 Å². The highest BCUT2D eigenvalue weighted by molar-refractivity contribution is 7.47. The standard InChI is InChI=1S/C42H70NO11P/c1-3-5-7-8-9-10-14-18-21-24-28-32-40(45)51-34-38(35-52-55(49,50)53-36-39(43)42(47)48)54-41(46)33-29-25-22-19-16-13-11-12-15-17-20-23-27-31-37(44)30-26-6-4-2/h6,12-13,15-16,20,22-23,25-27,31,37-39,44H,3-5,7-11,14,17-19,21,24,28-30,32-36,43H2,1-2H3,(H,47,48)(H,49,50)/b15-12-,16-13-,23-20+,25-22-,26-6-,31-27+/t37?,38-,39+/m1/s1. The molecule has 5 N–H and O–H groups in total. The van der Waals surface area contributed by atoms with Crippen LogP contribution in [0.15, 0.2) is 72.9 Å². The summed E-state index contributed by atoms with van der Waals surface area (Å²) >= 11 is 0. The van der Waals surface area contributed by atoms with E-state index >= 15 is 0 Å². The number of hydrogen-bond acceptors (Lipinski definition) is 10. The van der Waals surface area contributed by atoms with Crippen molar-refractivity contribution in [2.75, 3.05) is 19.8 Å². The van der Waals surface area contributed by atoms with E-state index in [9.17, 15) is 28.9 Å². The van der Waals surface area contributed by atoms with Crippen molar-refractivity contribution in [1.29, 1.82) is 0 Å². The molecule has 0 bridgehead atoms. The number of phosphoric ester groups is 1. The minimum Gasteiger partial charge on any atom is -0.480 e. The third kappa shape index (κ3) is 36.3. The molecule has 0 aromatic rings. The van der Waals surface area contributed by atoms with Gasteiger partial charge in [-0.2, -0.15) is 0 Å². The lowest BCUT2D eigenvalue weighted by Gasteiger charge is -2.20. The molecule has 12 nitrogen and oxygen atoms in total. The number of hydrogen-bond donors (Lipinski definition) is 4. The molecule has 0 aliphatic heterocycles. The number of carboxylic acid groups (broad SMARTS) is 1. The van der Waals surface area contributed by atoms with Gasteiger partial charge in [0.25, 0.3) is 0 Å². The maximum absolute atomic E-state index is 12.6. The van der Waals surface area contributed by atoms with Crippen molar-refractivity contribution in [3.05, 3.63) is 72.9 Å². The number of carbonyl (C=O) groups excluding carboxylic acids is 2. The van der Waals surface area contributed by atoms with Crippen LogP contribution in [0.2, 0.25) is 0 Å². The van der Waals surface area contributed by atoms with Gasteiger partial charge in [-0.1, -0.05) is 151 Å². The quantitative estimate of drug-likeness (QED) is 0.0155. The molecule has 0 aliphatic rings. The van der Waals surface area contributed by atoms with Crippen LogP contribution in [0.1, 0.15) is 136 Å². The van der Waals surface area contributed by atoms with Gasteiger partial charge < -0.3 is 30.3 Å². The number of esters is 2. The molecule has 13 heteroatoms. The van der Waals surface area contributed by atoms with E-state index in [0.717, 1.165) is 38.5 Å². The molecule has 0 aliphatic carbocycles. The first-order valence-electron chi connectivity index (χ1n) is 20.1. The zero-order valence-electron chi connectivity index (χ0n) is 33.3. The van der Waals surface area contributed by atoms with Crippen LogP contribution in [-0.2, 0) is 37.5 Å². The predicted molar refractivity (Wildman–Crippen MR) is 218 cm³/mol. The molecule has 0 radical (unpaired) electrons. The number of aliphatic carboxylic acids is 1. The SMILES string of the molecule is CC/C=C\CC(O)/C=C/C=C/C/C=C\C/C=C\C/C=C\CCC(=O)O[C@H](COC(=O)CCCCCCCCCCCCC)COP(=O)(O)OC[C@H](N)C(=O)O. The molecule has 0 spiro atoms. The number of aliphatic hydroxyl groups is 1. The maximum atomic E-state index is 12.6. The molecule has 0 heterocycles. The minimum absolute atomic E-state index is 0.0183. The summed E-state index contributed by atoms with van der Waals surface area (Å²) in [4.78, 5) is 45.8. The average molecular weight is 796 g/mol. The van der Waals surface area contributed by atoms with Crippen molar-refractivity contribution in [3.8, 4) is 0 Å². The molecule has 2 unspecified atom stereocenters. The van der Waals surface area contributed by atoms with Crippen LogP contribution in [0.4, 0.5) is 0 Å². The summed E-state index contributed by atoms with van der Waals surface area (Å²) in [6, 6.07) is -1.54. The number of aliphatic hydroxyl groups excluding tert-OH is 1. The second kappa shape index (κ2) is 36.5. The summed E-state index contributed by atoms with van der Waals surface area (Å²) in [5.74, 6) is -2.52. The van der Waals surface area contributed by atoms with E-state index < -0.39 is 57.2 Å². The summed E-state index contributed by atoms with van der Waals surface area (Å²) in [5.41, 5.74) is 5.31. The fourth-order valence-electron chi connectivity index (χ4n) is 4.88. The molecule has 0 saturated carbocycles. The summed E-state index contributed by atoms with van der Waals surface area (Å²) in [5, 5.41) is 18.7. The van der Waals surface area contributed by atoms with Gasteiger partial charge in [-0.05, 0) is 44.9 Å². The Morgan fingerprint density at radius 3 is 1.84 bits per heavy atom. The van der Waals surface area contributed by atoms with Crippen LogP contribution in [-0.4, -0.2) is 71.1 Å². The van der Waals surface area contributed by atoms with Gasteiger partial charge in [-0.25, -0.2) is 4.57 Å². The number of carbonyl (C=O) groups is 3. The Morgan fingerprint density at radius 2 is 1.24 bits per heavy atom. The smallest absolute Gasteiger partial charge is 0.472 e. The van der Waals surface area contributed by atoms with E-state index in [-0.39, 0.29) is 19.4 Å². The van der Waals surface area contributed by atoms with Gasteiger partial charge >= 0.3 is 25.7 Å². The first-order valence-corrected chi connectivity index (χ1v) is 21.6. The lowest BCUT2D eigenvalue weighted by atomic mass is 10.1. The zero-order valence-corrected chi connectivity index (χ0v) is 34.2. The largest absolute Gasteiger partial charge is 0.480 e. The van der Waals surface area contributed by atoms with Crippen LogP contribution >= 0.6 is 7.82 Å². The van der Waals surface area contributed by atoms with Gasteiger partial charge in [-0.15, -0.1) is 0 Å². The summed E-state index contributed by atoms with van der Waals surface area (Å²) in [6.07, 6.45) is 38.9. The van der Waals surface area contributed by atoms with Crippen molar-refractivity contribution in [1.82, 2.24) is 0 Å². The predicted octanol–water partition coefficient (Wildman–Crippen LogP) is 9.14. The molecule has 0 aromatic carbocycles. The number of rotatable bonds is 36. The van der Waals surface area contributed by atoms with E-state index in [1.54, 1.807) is 6.08 Å². The lowest BCUT2D eigenvalue weighted by molar-refractivity contribution is -0.161. The fourth-order valence-corrected chi connectivity index (χ4v) is 5.66. The molecule has 0 amide bonds. The van der Waals surface area contributed by atoms with Gasteiger partial charge in [-0.3, -0.25) is 23.4 Å². The molecule has 314 valence electrons. The highest BCUT2D eigenvalue weighted by atomic mass is 31.2. The van der Waals surface area contributed by atoms with Crippen LogP contribution in [0, 0.1) is 0 Å². The normalized spacial score (nSPS) is 15.1. The Morgan fingerprint density at radius 1 is 0.673 bits per heavy atom. The first kappa shape index (κ1) is 51.9. The Kier molecular flexibility index (Phi) is 34.4. The Balaban J connectivity index is 4.59. The van der Waals surface area contributed by atoms with Crippen LogP contribution < -0.4 is 5.73 Å². The molecular formula is C42H70NO11P. The topological polar surface area (TPSA) is 192 Å². The molecule has 0 fully saturated rings. The summed E-state index contributed by atoms with van der Waals surface area (Å²) in [7, 11) is -4.74. The molecule has 0 rings (SSSR count). The van der Waals surface area contributed by atoms with Crippen molar-refractivity contribution in [2.24, 2.45) is 5.73 Å².